The first kappa shape index (κ1) is 17.3. The number of hydrogen-bond acceptors (Lipinski definition) is 4. The largest absolute Gasteiger partial charge is 0.426 e. The van der Waals surface area contributed by atoms with Crippen LogP contribution in [0.15, 0.2) is 36.4 Å². The summed E-state index contributed by atoms with van der Waals surface area (Å²) in [5, 5.41) is 1.01. The molecule has 0 aromatic heterocycles. The third-order valence-corrected chi connectivity index (χ3v) is 3.40. The maximum absolute atomic E-state index is 11.2. The Labute approximate surface area is 143 Å². The van der Waals surface area contributed by atoms with Crippen molar-refractivity contribution in [2.75, 3.05) is 0 Å². The highest BCUT2D eigenvalue weighted by Gasteiger charge is 2.13. The molecule has 4 nitrogen and oxygen atoms in total. The number of benzene rings is 2. The van der Waals surface area contributed by atoms with Crippen LogP contribution in [-0.2, 0) is 16.0 Å². The van der Waals surface area contributed by atoms with E-state index >= 15 is 0 Å². The molecule has 2 aromatic rings. The van der Waals surface area contributed by atoms with Gasteiger partial charge in [0, 0.05) is 41.4 Å². The summed E-state index contributed by atoms with van der Waals surface area (Å²) in [6.45, 7) is 2.64. The Hall–Kier alpha value is -2.04. The van der Waals surface area contributed by atoms with Crippen molar-refractivity contribution in [1.82, 2.24) is 0 Å². The minimum atomic E-state index is -0.431. The highest BCUT2D eigenvalue weighted by atomic mass is 35.5. The van der Waals surface area contributed by atoms with E-state index in [-0.39, 0.29) is 0 Å². The number of esters is 2. The second kappa shape index (κ2) is 7.49. The summed E-state index contributed by atoms with van der Waals surface area (Å²) in [5.41, 5.74) is 1.37. The molecule has 0 saturated heterocycles. The molecule has 0 unspecified atom stereocenters. The highest BCUT2D eigenvalue weighted by Crippen LogP contribution is 2.30. The first-order valence-electron chi connectivity index (χ1n) is 6.79. The van der Waals surface area contributed by atoms with E-state index in [1.165, 1.54) is 13.8 Å². The maximum atomic E-state index is 11.2. The third kappa shape index (κ3) is 4.98. The monoisotopic (exact) mass is 352 g/mol. The van der Waals surface area contributed by atoms with E-state index in [9.17, 15) is 9.59 Å². The Kier molecular flexibility index (Phi) is 5.64. The Balaban J connectivity index is 2.42. The Bertz CT molecular complexity index is 693. The molecule has 0 aliphatic rings. The van der Waals surface area contributed by atoms with E-state index in [0.717, 1.165) is 0 Å². The number of carbonyl (C=O) groups excluding carboxylic acids is 2. The lowest BCUT2D eigenvalue weighted by Gasteiger charge is -2.13. The summed E-state index contributed by atoms with van der Waals surface area (Å²) >= 11 is 12.0. The van der Waals surface area contributed by atoms with E-state index in [2.05, 4.69) is 0 Å². The molecule has 2 aromatic carbocycles. The zero-order valence-electron chi connectivity index (χ0n) is 12.6. The first-order valence-corrected chi connectivity index (χ1v) is 7.54. The highest BCUT2D eigenvalue weighted by molar-refractivity contribution is 6.31. The zero-order valence-corrected chi connectivity index (χ0v) is 14.1. The van der Waals surface area contributed by atoms with Crippen molar-refractivity contribution >= 4 is 35.1 Å². The molecule has 0 aliphatic heterocycles. The molecule has 0 spiro atoms. The number of halogens is 2. The van der Waals surface area contributed by atoms with Crippen molar-refractivity contribution in [2.24, 2.45) is 0 Å². The molecule has 0 radical (unpaired) electrons. The number of hydrogen-bond donors (Lipinski definition) is 0. The Morgan fingerprint density at radius 2 is 1.22 bits per heavy atom. The van der Waals surface area contributed by atoms with Gasteiger partial charge in [-0.25, -0.2) is 0 Å². The van der Waals surface area contributed by atoms with Gasteiger partial charge >= 0.3 is 11.9 Å². The first-order chi connectivity index (χ1) is 10.8. The van der Waals surface area contributed by atoms with Gasteiger partial charge in [-0.2, -0.15) is 0 Å². The van der Waals surface area contributed by atoms with Crippen LogP contribution in [0.25, 0.3) is 0 Å². The average molecular weight is 353 g/mol. The number of rotatable bonds is 4. The fourth-order valence-electron chi connectivity index (χ4n) is 2.09. The molecule has 0 heterocycles. The van der Waals surface area contributed by atoms with Gasteiger partial charge in [0.1, 0.15) is 11.5 Å². The van der Waals surface area contributed by atoms with Crippen LogP contribution in [0, 0.1) is 0 Å². The van der Waals surface area contributed by atoms with Crippen molar-refractivity contribution in [3.63, 3.8) is 0 Å². The fraction of sp³-hybridized carbons (Fsp3) is 0.176. The molecule has 0 aliphatic carbocycles. The van der Waals surface area contributed by atoms with Gasteiger partial charge in [-0.1, -0.05) is 23.2 Å². The van der Waals surface area contributed by atoms with Crippen LogP contribution >= 0.6 is 23.2 Å². The number of carbonyl (C=O) groups is 2. The summed E-state index contributed by atoms with van der Waals surface area (Å²) in [4.78, 5) is 22.4. The third-order valence-electron chi connectivity index (χ3n) is 2.93. The van der Waals surface area contributed by atoms with Gasteiger partial charge in [0.2, 0.25) is 0 Å². The normalized spacial score (nSPS) is 10.3. The van der Waals surface area contributed by atoms with Gasteiger partial charge < -0.3 is 9.47 Å². The van der Waals surface area contributed by atoms with Gasteiger partial charge in [-0.05, 0) is 36.4 Å². The lowest BCUT2D eigenvalue weighted by Crippen LogP contribution is -2.06. The minimum Gasteiger partial charge on any atom is -0.426 e. The molecule has 0 saturated carbocycles. The molecule has 0 N–H and O–H groups in total. The molecule has 0 bridgehead atoms. The van der Waals surface area contributed by atoms with Crippen LogP contribution in [0.2, 0.25) is 10.0 Å². The molecule has 23 heavy (non-hydrogen) atoms. The summed E-state index contributed by atoms with van der Waals surface area (Å²) in [6.07, 6.45) is 0.340. The molecular formula is C17H14Cl2O4. The smallest absolute Gasteiger partial charge is 0.308 e. The van der Waals surface area contributed by atoms with Crippen molar-refractivity contribution in [2.45, 2.75) is 20.3 Å². The van der Waals surface area contributed by atoms with Crippen molar-refractivity contribution < 1.29 is 19.1 Å². The lowest BCUT2D eigenvalue weighted by molar-refractivity contribution is -0.132. The van der Waals surface area contributed by atoms with Crippen molar-refractivity contribution in [1.29, 1.82) is 0 Å². The average Bonchev–Trinajstić information content (AvgIpc) is 2.44. The predicted molar refractivity (Wildman–Crippen MR) is 88.3 cm³/mol. The lowest BCUT2D eigenvalue weighted by atomic mass is 10.0. The van der Waals surface area contributed by atoms with Crippen LogP contribution in [0.5, 0.6) is 11.5 Å². The molecule has 6 heteroatoms. The SMILES string of the molecule is CC(=O)Oc1ccc(Cl)cc1Cc1cc(Cl)ccc1OC(C)=O. The van der Waals surface area contributed by atoms with E-state index in [0.29, 0.717) is 39.1 Å². The molecule has 0 fully saturated rings. The van der Waals surface area contributed by atoms with Gasteiger partial charge in [0.05, 0.1) is 0 Å². The van der Waals surface area contributed by atoms with Gasteiger partial charge in [0.25, 0.3) is 0 Å². The van der Waals surface area contributed by atoms with Gasteiger partial charge in [0.15, 0.2) is 0 Å². The molecule has 0 atom stereocenters. The maximum Gasteiger partial charge on any atom is 0.308 e. The van der Waals surface area contributed by atoms with Crippen LogP contribution < -0.4 is 9.47 Å². The summed E-state index contributed by atoms with van der Waals surface area (Å²) in [7, 11) is 0. The quantitative estimate of drug-likeness (QED) is 0.603. The summed E-state index contributed by atoms with van der Waals surface area (Å²) < 4.78 is 10.4. The van der Waals surface area contributed by atoms with Gasteiger partial charge in [-0.3, -0.25) is 9.59 Å². The fourth-order valence-corrected chi connectivity index (χ4v) is 2.48. The molecule has 120 valence electrons. The van der Waals surface area contributed by atoms with Crippen molar-refractivity contribution in [3.8, 4) is 11.5 Å². The molecule has 2 rings (SSSR count). The summed E-state index contributed by atoms with van der Waals surface area (Å²) in [6, 6.07) is 9.89. The Morgan fingerprint density at radius 3 is 1.57 bits per heavy atom. The molecular weight excluding hydrogens is 339 g/mol. The van der Waals surface area contributed by atoms with Crippen LogP contribution in [-0.4, -0.2) is 11.9 Å². The Morgan fingerprint density at radius 1 is 0.826 bits per heavy atom. The minimum absolute atomic E-state index is 0.340. The topological polar surface area (TPSA) is 52.6 Å². The van der Waals surface area contributed by atoms with Gasteiger partial charge in [-0.15, -0.1) is 0 Å². The second-order valence-electron chi connectivity index (χ2n) is 4.87. The van der Waals surface area contributed by atoms with Crippen molar-refractivity contribution in [3.05, 3.63) is 57.6 Å². The molecule has 0 amide bonds. The number of ether oxygens (including phenoxy) is 2. The second-order valence-corrected chi connectivity index (χ2v) is 5.74. The van der Waals surface area contributed by atoms with E-state index in [4.69, 9.17) is 32.7 Å². The van der Waals surface area contributed by atoms with E-state index in [1.807, 2.05) is 0 Å². The van der Waals surface area contributed by atoms with E-state index < -0.39 is 11.9 Å². The standard InChI is InChI=1S/C17H14Cl2O4/c1-10(20)22-16-5-3-14(18)8-12(16)7-13-9-15(19)4-6-17(13)23-11(2)21/h3-6,8-9H,7H2,1-2H3. The van der Waals surface area contributed by atoms with Crippen LogP contribution in [0.4, 0.5) is 0 Å². The van der Waals surface area contributed by atoms with Crippen LogP contribution in [0.1, 0.15) is 25.0 Å². The van der Waals surface area contributed by atoms with Crippen LogP contribution in [0.3, 0.4) is 0 Å². The summed E-state index contributed by atoms with van der Waals surface area (Å²) in [5.74, 6) is -0.0638. The zero-order chi connectivity index (χ0) is 17.0. The predicted octanol–water partition coefficient (Wildman–Crippen LogP) is 4.43. The van der Waals surface area contributed by atoms with E-state index in [1.54, 1.807) is 36.4 Å².